The summed E-state index contributed by atoms with van der Waals surface area (Å²) in [6.07, 6.45) is 2.17. The zero-order valence-corrected chi connectivity index (χ0v) is 11.2. The zero-order chi connectivity index (χ0) is 14.1. The van der Waals surface area contributed by atoms with Crippen molar-refractivity contribution in [2.75, 3.05) is 0 Å². The van der Waals surface area contributed by atoms with Crippen LogP contribution in [0.2, 0.25) is 0 Å². The summed E-state index contributed by atoms with van der Waals surface area (Å²) < 4.78 is 15.3. The molecule has 0 unspecified atom stereocenters. The van der Waals surface area contributed by atoms with Crippen molar-refractivity contribution in [3.8, 4) is 0 Å². The molecule has 0 aliphatic heterocycles. The number of rotatable bonds is 5. The SMILES string of the molecule is O=C(O)c1ccc(CSc2nnnn2C2CC2)cc1F. The van der Waals surface area contributed by atoms with E-state index in [1.165, 1.54) is 23.9 Å². The van der Waals surface area contributed by atoms with Crippen LogP contribution >= 0.6 is 11.8 Å². The quantitative estimate of drug-likeness (QED) is 0.851. The van der Waals surface area contributed by atoms with Crippen LogP contribution in [0, 0.1) is 5.82 Å². The second kappa shape index (κ2) is 5.20. The van der Waals surface area contributed by atoms with Gasteiger partial charge in [-0.05, 0) is 41.0 Å². The smallest absolute Gasteiger partial charge is 0.338 e. The lowest BCUT2D eigenvalue weighted by molar-refractivity contribution is 0.0692. The van der Waals surface area contributed by atoms with Gasteiger partial charge in [-0.25, -0.2) is 13.9 Å². The Balaban J connectivity index is 1.70. The highest BCUT2D eigenvalue weighted by Crippen LogP contribution is 2.36. The predicted octanol–water partition coefficient (Wildman–Crippen LogP) is 2.14. The van der Waals surface area contributed by atoms with Crippen molar-refractivity contribution in [3.63, 3.8) is 0 Å². The van der Waals surface area contributed by atoms with Gasteiger partial charge in [0.2, 0.25) is 5.16 Å². The molecule has 8 heteroatoms. The number of halogens is 1. The lowest BCUT2D eigenvalue weighted by atomic mass is 10.1. The molecule has 20 heavy (non-hydrogen) atoms. The largest absolute Gasteiger partial charge is 0.478 e. The molecule has 1 aliphatic carbocycles. The standard InChI is InChI=1S/C12H11FN4O2S/c13-10-5-7(1-4-9(10)11(18)19)6-20-12-14-15-16-17(12)8-2-3-8/h1,4-5,8H,2-3,6H2,(H,18,19). The fraction of sp³-hybridized carbons (Fsp3) is 0.333. The van der Waals surface area contributed by atoms with E-state index in [-0.39, 0.29) is 5.56 Å². The molecule has 6 nitrogen and oxygen atoms in total. The second-order valence-corrected chi connectivity index (χ2v) is 5.49. The summed E-state index contributed by atoms with van der Waals surface area (Å²) in [5.41, 5.74) is 0.379. The van der Waals surface area contributed by atoms with E-state index in [4.69, 9.17) is 5.11 Å². The van der Waals surface area contributed by atoms with Gasteiger partial charge in [-0.3, -0.25) is 0 Å². The molecular weight excluding hydrogens is 283 g/mol. The van der Waals surface area contributed by atoms with Crippen LogP contribution in [0.3, 0.4) is 0 Å². The molecule has 1 fully saturated rings. The number of aromatic nitrogens is 4. The number of nitrogens with zero attached hydrogens (tertiary/aromatic N) is 4. The third-order valence-electron chi connectivity index (χ3n) is 2.99. The lowest BCUT2D eigenvalue weighted by Crippen LogP contribution is -2.01. The zero-order valence-electron chi connectivity index (χ0n) is 10.4. The molecule has 0 radical (unpaired) electrons. The van der Waals surface area contributed by atoms with Gasteiger partial charge < -0.3 is 5.11 Å². The topological polar surface area (TPSA) is 80.9 Å². The van der Waals surface area contributed by atoms with Gasteiger partial charge in [-0.2, -0.15) is 0 Å². The first-order chi connectivity index (χ1) is 9.65. The van der Waals surface area contributed by atoms with Crippen LogP contribution in [0.25, 0.3) is 0 Å². The Morgan fingerprint density at radius 2 is 2.30 bits per heavy atom. The molecule has 2 aromatic rings. The Morgan fingerprint density at radius 3 is 2.95 bits per heavy atom. The van der Waals surface area contributed by atoms with E-state index in [9.17, 15) is 9.18 Å². The van der Waals surface area contributed by atoms with E-state index in [0.717, 1.165) is 12.8 Å². The molecule has 1 saturated carbocycles. The molecule has 3 rings (SSSR count). The molecule has 1 aromatic heterocycles. The number of carbonyl (C=O) groups is 1. The van der Waals surface area contributed by atoms with Crippen LogP contribution in [-0.4, -0.2) is 31.3 Å². The Kier molecular flexibility index (Phi) is 3.39. The number of carboxylic acids is 1. The van der Waals surface area contributed by atoms with Gasteiger partial charge in [-0.15, -0.1) is 5.10 Å². The highest BCUT2D eigenvalue weighted by atomic mass is 32.2. The Bertz CT molecular complexity index is 657. The van der Waals surface area contributed by atoms with E-state index in [1.54, 1.807) is 10.7 Å². The highest BCUT2D eigenvalue weighted by Gasteiger charge is 2.27. The van der Waals surface area contributed by atoms with Crippen LogP contribution < -0.4 is 0 Å². The third-order valence-corrected chi connectivity index (χ3v) is 3.99. The average molecular weight is 294 g/mol. The number of hydrogen-bond donors (Lipinski definition) is 1. The van der Waals surface area contributed by atoms with Crippen molar-refractivity contribution in [1.29, 1.82) is 0 Å². The van der Waals surface area contributed by atoms with Crippen molar-refractivity contribution in [2.45, 2.75) is 29.8 Å². The van der Waals surface area contributed by atoms with E-state index < -0.39 is 11.8 Å². The van der Waals surface area contributed by atoms with Gasteiger partial charge in [0.05, 0.1) is 11.6 Å². The van der Waals surface area contributed by atoms with Gasteiger partial charge in [-0.1, -0.05) is 17.8 Å². The summed E-state index contributed by atoms with van der Waals surface area (Å²) in [4.78, 5) is 10.7. The Labute approximate surface area is 118 Å². The number of aromatic carboxylic acids is 1. The number of benzene rings is 1. The second-order valence-electron chi connectivity index (χ2n) is 4.55. The summed E-state index contributed by atoms with van der Waals surface area (Å²) >= 11 is 1.41. The minimum absolute atomic E-state index is 0.318. The van der Waals surface area contributed by atoms with Crippen LogP contribution in [0.5, 0.6) is 0 Å². The van der Waals surface area contributed by atoms with Crippen molar-refractivity contribution in [1.82, 2.24) is 20.2 Å². The molecule has 0 spiro atoms. The fourth-order valence-corrected chi connectivity index (χ4v) is 2.69. The number of tetrazole rings is 1. The summed E-state index contributed by atoms with van der Waals surface area (Å²) in [5.74, 6) is -1.50. The highest BCUT2D eigenvalue weighted by molar-refractivity contribution is 7.98. The Hall–Kier alpha value is -1.96. The number of carboxylic acid groups (broad SMARTS) is 1. The van der Waals surface area contributed by atoms with Gasteiger partial charge in [0.25, 0.3) is 0 Å². The fourth-order valence-electron chi connectivity index (χ4n) is 1.80. The monoisotopic (exact) mass is 294 g/mol. The summed E-state index contributed by atoms with van der Waals surface area (Å²) in [7, 11) is 0. The van der Waals surface area contributed by atoms with E-state index in [1.807, 2.05) is 0 Å². The molecule has 0 amide bonds. The van der Waals surface area contributed by atoms with Gasteiger partial charge >= 0.3 is 5.97 Å². The van der Waals surface area contributed by atoms with Crippen LogP contribution in [0.15, 0.2) is 23.4 Å². The van der Waals surface area contributed by atoms with E-state index >= 15 is 0 Å². The van der Waals surface area contributed by atoms with Crippen LogP contribution in [-0.2, 0) is 5.75 Å². The lowest BCUT2D eigenvalue weighted by Gasteiger charge is -2.04. The maximum atomic E-state index is 13.5. The Morgan fingerprint density at radius 1 is 1.50 bits per heavy atom. The molecule has 0 saturated heterocycles. The minimum atomic E-state index is -1.26. The molecule has 1 heterocycles. The molecule has 104 valence electrons. The molecule has 1 aliphatic rings. The number of hydrogen-bond acceptors (Lipinski definition) is 5. The maximum absolute atomic E-state index is 13.5. The van der Waals surface area contributed by atoms with E-state index in [2.05, 4.69) is 15.5 Å². The third kappa shape index (κ3) is 2.64. The van der Waals surface area contributed by atoms with Crippen molar-refractivity contribution in [3.05, 3.63) is 35.1 Å². The van der Waals surface area contributed by atoms with Gasteiger partial charge in [0.1, 0.15) is 5.82 Å². The van der Waals surface area contributed by atoms with Crippen LogP contribution in [0.1, 0.15) is 34.8 Å². The first-order valence-corrected chi connectivity index (χ1v) is 7.06. The van der Waals surface area contributed by atoms with Gasteiger partial charge in [0, 0.05) is 5.75 Å². The summed E-state index contributed by atoms with van der Waals surface area (Å²) in [6.45, 7) is 0. The number of thioether (sulfide) groups is 1. The first kappa shape index (κ1) is 13.0. The average Bonchev–Trinajstić information content (AvgIpc) is 3.15. The molecular formula is C12H11FN4O2S. The van der Waals surface area contributed by atoms with Crippen LogP contribution in [0.4, 0.5) is 4.39 Å². The molecule has 0 bridgehead atoms. The molecule has 1 aromatic carbocycles. The van der Waals surface area contributed by atoms with E-state index in [0.29, 0.717) is 22.5 Å². The normalized spacial score (nSPS) is 14.4. The van der Waals surface area contributed by atoms with Crippen molar-refractivity contribution >= 4 is 17.7 Å². The summed E-state index contributed by atoms with van der Waals surface area (Å²) in [6, 6.07) is 4.50. The maximum Gasteiger partial charge on any atom is 0.338 e. The first-order valence-electron chi connectivity index (χ1n) is 6.07. The predicted molar refractivity (Wildman–Crippen MR) is 69.0 cm³/mol. The van der Waals surface area contributed by atoms with Gasteiger partial charge in [0.15, 0.2) is 0 Å². The van der Waals surface area contributed by atoms with Crippen molar-refractivity contribution < 1.29 is 14.3 Å². The molecule has 1 N–H and O–H groups in total. The summed E-state index contributed by atoms with van der Waals surface area (Å²) in [5, 5.41) is 21.0. The van der Waals surface area contributed by atoms with Crippen molar-refractivity contribution in [2.24, 2.45) is 0 Å². The molecule has 0 atom stereocenters. The minimum Gasteiger partial charge on any atom is -0.478 e.